The Morgan fingerprint density at radius 1 is 0.847 bits per heavy atom. The van der Waals surface area contributed by atoms with Crippen molar-refractivity contribution < 1.29 is 47.5 Å². The van der Waals surface area contributed by atoms with Crippen molar-refractivity contribution in [3.63, 3.8) is 0 Å². The first-order valence-corrected chi connectivity index (χ1v) is 22.5. The van der Waals surface area contributed by atoms with Crippen LogP contribution < -0.4 is 0 Å². The summed E-state index contributed by atoms with van der Waals surface area (Å²) >= 11 is 6.66. The first-order chi connectivity index (χ1) is 28.3. The number of hydrogen-bond donors (Lipinski definition) is 0. The molecular weight excluding hydrogens is 774 g/mol. The molecule has 5 unspecified atom stereocenters. The third-order valence-corrected chi connectivity index (χ3v) is 14.8. The fourth-order valence-corrected chi connectivity index (χ4v) is 11.7. The van der Waals surface area contributed by atoms with Crippen molar-refractivity contribution >= 4 is 28.9 Å². The number of ether oxygens (including phenoxy) is 8. The summed E-state index contributed by atoms with van der Waals surface area (Å²) in [5.74, 6) is -0.807. The van der Waals surface area contributed by atoms with E-state index in [-0.39, 0.29) is 96.8 Å². The van der Waals surface area contributed by atoms with Crippen LogP contribution in [0, 0.1) is 35.5 Å². The van der Waals surface area contributed by atoms with Gasteiger partial charge in [0.25, 0.3) is 0 Å². The molecule has 6 aliphatic rings. The van der Waals surface area contributed by atoms with Crippen molar-refractivity contribution in [2.45, 2.75) is 153 Å². The molecule has 3 aliphatic carbocycles. The predicted octanol–water partition coefficient (Wildman–Crippen LogP) is 7.67. The van der Waals surface area contributed by atoms with Crippen molar-refractivity contribution in [3.8, 4) is 0 Å². The molecule has 0 bridgehead atoms. The van der Waals surface area contributed by atoms with Crippen LogP contribution in [0.25, 0.3) is 5.57 Å². The van der Waals surface area contributed by atoms with Gasteiger partial charge in [-0.3, -0.25) is 9.59 Å². The smallest absolute Gasteiger partial charge is 0.306 e. The molecule has 3 aliphatic heterocycles. The molecule has 328 valence electrons. The number of methoxy groups -OCH3 is 3. The maximum absolute atomic E-state index is 15.1. The van der Waals surface area contributed by atoms with Gasteiger partial charge >= 0.3 is 5.97 Å². The summed E-state index contributed by atoms with van der Waals surface area (Å²) in [6, 6.07) is 8.26. The lowest BCUT2D eigenvalue weighted by Crippen LogP contribution is -2.59. The van der Waals surface area contributed by atoms with E-state index in [9.17, 15) is 4.79 Å². The second-order valence-corrected chi connectivity index (χ2v) is 18.6. The molecule has 1 saturated carbocycles. The molecule has 0 radical (unpaired) electrons. The molecule has 0 amide bonds. The molecule has 0 spiro atoms. The molecule has 11 nitrogen and oxygen atoms in total. The summed E-state index contributed by atoms with van der Waals surface area (Å²) in [5, 5.41) is 0.641. The van der Waals surface area contributed by atoms with Gasteiger partial charge in [-0.15, -0.1) is 0 Å². The summed E-state index contributed by atoms with van der Waals surface area (Å²) in [6.45, 7) is 8.16. The van der Waals surface area contributed by atoms with Crippen molar-refractivity contribution in [3.05, 3.63) is 52.6 Å². The summed E-state index contributed by atoms with van der Waals surface area (Å²) in [5.41, 5.74) is 2.85. The summed E-state index contributed by atoms with van der Waals surface area (Å²) < 4.78 is 50.3. The highest BCUT2D eigenvalue weighted by Gasteiger charge is 2.54. The van der Waals surface area contributed by atoms with E-state index < -0.39 is 18.3 Å². The molecule has 0 N–H and O–H groups in total. The zero-order chi connectivity index (χ0) is 42.1. The largest absolute Gasteiger partial charge is 0.462 e. The minimum absolute atomic E-state index is 0.0101. The Morgan fingerprint density at radius 2 is 1.61 bits per heavy atom. The zero-order valence-electron chi connectivity index (χ0n) is 36.6. The van der Waals surface area contributed by atoms with Gasteiger partial charge in [-0.2, -0.15) is 0 Å². The molecule has 1 aromatic rings. The number of halogens is 1. The van der Waals surface area contributed by atoms with Crippen LogP contribution in [0.4, 0.5) is 0 Å². The molecule has 3 saturated heterocycles. The number of carbonyl (C=O) groups excluding carboxylic acids is 2. The van der Waals surface area contributed by atoms with Crippen molar-refractivity contribution in [2.24, 2.45) is 35.5 Å². The molecule has 1 aromatic carbocycles. The minimum atomic E-state index is -0.647. The number of fused-ring (bicyclic) bond motifs is 5. The van der Waals surface area contributed by atoms with E-state index in [4.69, 9.17) is 49.5 Å². The monoisotopic (exact) mass is 841 g/mol. The van der Waals surface area contributed by atoms with Crippen LogP contribution in [0.2, 0.25) is 5.02 Å². The Hall–Kier alpha value is -2.19. The lowest BCUT2D eigenvalue weighted by molar-refractivity contribution is -0.314. The maximum atomic E-state index is 15.1. The number of nitrogens with zero attached hydrogens (tertiary/aromatic N) is 1. The average molecular weight is 843 g/mol. The van der Waals surface area contributed by atoms with E-state index in [1.807, 2.05) is 32.0 Å². The van der Waals surface area contributed by atoms with E-state index in [1.165, 1.54) is 0 Å². The van der Waals surface area contributed by atoms with Gasteiger partial charge < -0.3 is 42.8 Å². The van der Waals surface area contributed by atoms with Gasteiger partial charge in [-0.25, -0.2) is 0 Å². The number of carbonyl (C=O) groups is 2. The Balaban J connectivity index is 1.21. The standard InChI is InChI=1S/C47H68ClNO10/c1-10-31-15-12-16-39(59-41-18-17-38(49(5)6)26(3)55-41)25(2)43(51)37-23-35-33-22-32(58-47-46(54-9)45(53-8)44(52-7)27(4)56-47)20-29(33)21-34(28-13-11-14-30(48)19-28)42(35)36(37)24-40(50)57-31/h11,13-14,19,21,23,25-27,29,31-33,35-36,38-39,41-42,44-47H,10,12,15-18,20,22,24H2,1-9H3/t25-,26?,27?,29?,31+,32-,33-,35+,36-,38+,39+,41+,42?,44+,45?,46+,47+/m1/s1. The summed E-state index contributed by atoms with van der Waals surface area (Å²) in [4.78, 5) is 31.3. The number of benzene rings is 1. The predicted molar refractivity (Wildman–Crippen MR) is 225 cm³/mol. The van der Waals surface area contributed by atoms with Crippen molar-refractivity contribution in [1.29, 1.82) is 0 Å². The number of rotatable bonds is 10. The van der Waals surface area contributed by atoms with Crippen LogP contribution in [-0.2, 0) is 47.5 Å². The van der Waals surface area contributed by atoms with Crippen molar-refractivity contribution in [2.75, 3.05) is 35.4 Å². The zero-order valence-corrected chi connectivity index (χ0v) is 37.3. The molecule has 59 heavy (non-hydrogen) atoms. The second-order valence-electron chi connectivity index (χ2n) is 18.2. The highest BCUT2D eigenvalue weighted by molar-refractivity contribution is 6.30. The Bertz CT molecular complexity index is 1680. The molecule has 7 rings (SSSR count). The van der Waals surface area contributed by atoms with E-state index in [0.717, 1.165) is 56.1 Å². The molecule has 12 heteroatoms. The lowest BCUT2D eigenvalue weighted by atomic mass is 9.65. The number of cyclic esters (lactones) is 1. The van der Waals surface area contributed by atoms with Crippen LogP contribution in [0.3, 0.4) is 0 Å². The molecule has 3 heterocycles. The van der Waals surface area contributed by atoms with Crippen LogP contribution in [0.15, 0.2) is 42.0 Å². The number of allylic oxidation sites excluding steroid dienone is 4. The number of likely N-dealkylation sites (N-methyl/N-ethyl adjacent to an activating group) is 1. The van der Waals surface area contributed by atoms with Crippen LogP contribution >= 0.6 is 11.6 Å². The van der Waals surface area contributed by atoms with E-state index >= 15 is 4.79 Å². The maximum Gasteiger partial charge on any atom is 0.306 e. The second kappa shape index (κ2) is 19.5. The Morgan fingerprint density at radius 3 is 2.29 bits per heavy atom. The molecular formula is C47H68ClNO10. The Kier molecular flexibility index (Phi) is 14.8. The summed E-state index contributed by atoms with van der Waals surface area (Å²) in [7, 11) is 9.14. The lowest BCUT2D eigenvalue weighted by Gasteiger charge is -2.44. The van der Waals surface area contributed by atoms with Gasteiger partial charge in [0, 0.05) is 44.2 Å². The van der Waals surface area contributed by atoms with Crippen LogP contribution in [0.5, 0.6) is 0 Å². The molecule has 17 atom stereocenters. The topological polar surface area (TPSA) is 111 Å². The first-order valence-electron chi connectivity index (χ1n) is 22.1. The first kappa shape index (κ1) is 44.9. The number of ketones is 1. The number of esters is 1. The minimum Gasteiger partial charge on any atom is -0.462 e. The summed E-state index contributed by atoms with van der Waals surface area (Å²) in [6.07, 6.45) is 7.78. The van der Waals surface area contributed by atoms with Crippen LogP contribution in [-0.4, -0.2) is 120 Å². The van der Waals surface area contributed by atoms with Gasteiger partial charge in [0.2, 0.25) is 0 Å². The van der Waals surface area contributed by atoms with Gasteiger partial charge in [0.15, 0.2) is 18.4 Å². The number of hydrogen-bond acceptors (Lipinski definition) is 11. The van der Waals surface area contributed by atoms with Gasteiger partial charge in [-0.1, -0.05) is 49.7 Å². The SMILES string of the molecule is CC[C@H]1CCC[C@H](O[C@H]2CC[C@H](N(C)C)C(C)O2)[C@@H](C)C(=O)C2=C[C@@H]3C(C(c4cccc(Cl)c4)=CC4C[C@@H](O[C@@H]5OC(C)[C@H](OC)C(OC)[C@@H]5OC)C[C@H]43)[C@@H]2CC(=O)O1. The van der Waals surface area contributed by atoms with Crippen molar-refractivity contribution in [1.82, 2.24) is 4.90 Å². The van der Waals surface area contributed by atoms with Crippen LogP contribution in [0.1, 0.15) is 91.0 Å². The number of Topliss-reactive ketones (excluding diaryl/α,β-unsaturated/α-hetero) is 1. The van der Waals surface area contributed by atoms with Gasteiger partial charge in [0.05, 0.1) is 30.8 Å². The van der Waals surface area contributed by atoms with E-state index in [1.54, 1.807) is 21.3 Å². The third kappa shape index (κ3) is 9.44. The normalized spacial score (nSPS) is 41.8. The fourth-order valence-electron chi connectivity index (χ4n) is 11.5. The highest BCUT2D eigenvalue weighted by atomic mass is 35.5. The third-order valence-electron chi connectivity index (χ3n) is 14.5. The molecule has 0 aromatic heterocycles. The Labute approximate surface area is 356 Å². The fraction of sp³-hybridized carbons (Fsp3) is 0.745. The quantitative estimate of drug-likeness (QED) is 0.217. The van der Waals surface area contributed by atoms with Gasteiger partial charge in [0.1, 0.15) is 24.4 Å². The van der Waals surface area contributed by atoms with Gasteiger partial charge in [-0.05, 0) is 132 Å². The van der Waals surface area contributed by atoms with E-state index in [2.05, 4.69) is 51.1 Å². The van der Waals surface area contributed by atoms with E-state index in [0.29, 0.717) is 23.1 Å². The average Bonchev–Trinajstić information content (AvgIpc) is 3.79. The molecule has 4 fully saturated rings. The highest BCUT2D eigenvalue weighted by Crippen LogP contribution is 2.59.